The van der Waals surface area contributed by atoms with E-state index in [0.717, 1.165) is 17.4 Å². The van der Waals surface area contributed by atoms with Crippen molar-refractivity contribution in [2.75, 3.05) is 4.90 Å². The fourth-order valence-electron chi connectivity index (χ4n) is 3.63. The van der Waals surface area contributed by atoms with Crippen LogP contribution in [-0.4, -0.2) is 34.0 Å². The lowest BCUT2D eigenvalue weighted by molar-refractivity contribution is -0.122. The molecule has 2 N–H and O–H groups in total. The highest BCUT2D eigenvalue weighted by Gasteiger charge is 2.50. The first-order valence-corrected chi connectivity index (χ1v) is 7.79. The van der Waals surface area contributed by atoms with Crippen molar-refractivity contribution in [1.29, 1.82) is 0 Å². The molecule has 1 aromatic rings. The molecule has 1 heterocycles. The third-order valence-electron chi connectivity index (χ3n) is 4.86. The average Bonchev–Trinajstić information content (AvgIpc) is 2.77. The number of carboxylic acid groups (broad SMARTS) is 2. The summed E-state index contributed by atoms with van der Waals surface area (Å²) in [5.74, 6) is -3.80. The second kappa shape index (κ2) is 5.74. The van der Waals surface area contributed by atoms with Crippen LogP contribution in [0, 0.1) is 17.8 Å². The van der Waals surface area contributed by atoms with Gasteiger partial charge in [0.05, 0.1) is 28.7 Å². The summed E-state index contributed by atoms with van der Waals surface area (Å²) in [4.78, 5) is 48.7. The highest BCUT2D eigenvalue weighted by atomic mass is 16.4. The maximum absolute atomic E-state index is 12.7. The fraction of sp³-hybridized carbons (Fsp3) is 0.412. The zero-order valence-corrected chi connectivity index (χ0v) is 13.1. The predicted octanol–water partition coefficient (Wildman–Crippen LogP) is 2.01. The molecule has 3 rings (SSSR count). The second-order valence-corrected chi connectivity index (χ2v) is 6.52. The molecule has 1 saturated carbocycles. The minimum atomic E-state index is -1.32. The van der Waals surface area contributed by atoms with Crippen LogP contribution in [0.25, 0.3) is 0 Å². The first-order chi connectivity index (χ1) is 11.3. The molecule has 7 heteroatoms. The summed E-state index contributed by atoms with van der Waals surface area (Å²) in [7, 11) is 0. The van der Waals surface area contributed by atoms with E-state index in [1.807, 2.05) is 6.92 Å². The Kier molecular flexibility index (Phi) is 3.87. The van der Waals surface area contributed by atoms with Crippen molar-refractivity contribution in [2.24, 2.45) is 17.8 Å². The maximum atomic E-state index is 12.7. The summed E-state index contributed by atoms with van der Waals surface area (Å²) in [5, 5.41) is 18.3. The number of amides is 2. The molecule has 0 spiro atoms. The number of imide groups is 1. The van der Waals surface area contributed by atoms with E-state index in [1.165, 1.54) is 12.1 Å². The molecule has 1 aliphatic carbocycles. The van der Waals surface area contributed by atoms with Crippen LogP contribution in [0.15, 0.2) is 18.2 Å². The van der Waals surface area contributed by atoms with E-state index >= 15 is 0 Å². The molecule has 0 bridgehead atoms. The Morgan fingerprint density at radius 3 is 2.04 bits per heavy atom. The van der Waals surface area contributed by atoms with Crippen LogP contribution in [0.2, 0.25) is 0 Å². The molecule has 1 aliphatic heterocycles. The molecule has 0 aromatic heterocycles. The summed E-state index contributed by atoms with van der Waals surface area (Å²) in [6.45, 7) is 2.03. The summed E-state index contributed by atoms with van der Waals surface area (Å²) >= 11 is 0. The quantitative estimate of drug-likeness (QED) is 0.819. The monoisotopic (exact) mass is 331 g/mol. The van der Waals surface area contributed by atoms with E-state index in [1.54, 1.807) is 0 Å². The highest BCUT2D eigenvalue weighted by molar-refractivity contribution is 6.22. The van der Waals surface area contributed by atoms with Crippen molar-refractivity contribution >= 4 is 29.4 Å². The molecule has 24 heavy (non-hydrogen) atoms. The van der Waals surface area contributed by atoms with Crippen LogP contribution in [0.5, 0.6) is 0 Å². The zero-order chi connectivity index (χ0) is 17.6. The molecule has 126 valence electrons. The van der Waals surface area contributed by atoms with Crippen LogP contribution in [0.3, 0.4) is 0 Å². The number of nitrogens with zero attached hydrogens (tertiary/aromatic N) is 1. The first kappa shape index (κ1) is 16.2. The van der Waals surface area contributed by atoms with Crippen molar-refractivity contribution in [3.8, 4) is 0 Å². The Bertz CT molecular complexity index is 723. The van der Waals surface area contributed by atoms with E-state index in [9.17, 15) is 19.2 Å². The Labute approximate surface area is 137 Å². The number of hydrogen-bond donors (Lipinski definition) is 2. The Morgan fingerprint density at radius 1 is 0.958 bits per heavy atom. The lowest BCUT2D eigenvalue weighted by Crippen LogP contribution is -2.31. The van der Waals surface area contributed by atoms with Crippen molar-refractivity contribution in [3.63, 3.8) is 0 Å². The van der Waals surface area contributed by atoms with Gasteiger partial charge in [0.25, 0.3) is 0 Å². The van der Waals surface area contributed by atoms with Gasteiger partial charge in [-0.3, -0.25) is 14.5 Å². The van der Waals surface area contributed by atoms with E-state index in [0.29, 0.717) is 18.8 Å². The standard InChI is InChI=1S/C17H17NO6/c1-8-2-3-12-13(4-8)15(20)18(14(12)19)11-6-9(16(21)22)5-10(7-11)17(23)24/h5-8,12-13H,2-4H2,1H3,(H,21,22)(H,23,24)/t8-,12+,13-/m1/s1. The summed E-state index contributed by atoms with van der Waals surface area (Å²) in [5.41, 5.74) is -0.521. The fourth-order valence-corrected chi connectivity index (χ4v) is 3.63. The van der Waals surface area contributed by atoms with Gasteiger partial charge in [0.2, 0.25) is 11.8 Å². The van der Waals surface area contributed by atoms with Crippen molar-refractivity contribution in [1.82, 2.24) is 0 Å². The van der Waals surface area contributed by atoms with Gasteiger partial charge in [-0.2, -0.15) is 0 Å². The van der Waals surface area contributed by atoms with Gasteiger partial charge in [-0.15, -0.1) is 0 Å². The predicted molar refractivity (Wildman–Crippen MR) is 82.8 cm³/mol. The zero-order valence-electron chi connectivity index (χ0n) is 13.1. The first-order valence-electron chi connectivity index (χ1n) is 7.79. The number of fused-ring (bicyclic) bond motifs is 1. The molecule has 0 radical (unpaired) electrons. The Morgan fingerprint density at radius 2 is 1.50 bits per heavy atom. The molecule has 1 saturated heterocycles. The third kappa shape index (κ3) is 2.55. The smallest absolute Gasteiger partial charge is 0.335 e. The number of aromatic carboxylic acids is 2. The molecular weight excluding hydrogens is 314 g/mol. The lowest BCUT2D eigenvalue weighted by Gasteiger charge is -2.25. The minimum Gasteiger partial charge on any atom is -0.478 e. The van der Waals surface area contributed by atoms with Gasteiger partial charge in [-0.25, -0.2) is 9.59 Å². The van der Waals surface area contributed by atoms with Crippen LogP contribution in [0.4, 0.5) is 5.69 Å². The summed E-state index contributed by atoms with van der Waals surface area (Å²) < 4.78 is 0. The Balaban J connectivity index is 2.05. The molecule has 2 fully saturated rings. The van der Waals surface area contributed by atoms with Crippen LogP contribution < -0.4 is 4.90 Å². The number of carbonyl (C=O) groups is 4. The minimum absolute atomic E-state index is 0.0179. The molecule has 0 unspecified atom stereocenters. The van der Waals surface area contributed by atoms with Gasteiger partial charge >= 0.3 is 11.9 Å². The third-order valence-corrected chi connectivity index (χ3v) is 4.86. The molecule has 2 amide bonds. The molecule has 2 aliphatic rings. The molecular formula is C17H17NO6. The molecule has 7 nitrogen and oxygen atoms in total. The van der Waals surface area contributed by atoms with Crippen LogP contribution in [-0.2, 0) is 9.59 Å². The number of carbonyl (C=O) groups excluding carboxylic acids is 2. The molecule has 3 atom stereocenters. The summed E-state index contributed by atoms with van der Waals surface area (Å²) in [6.07, 6.45) is 2.11. The van der Waals surface area contributed by atoms with Gasteiger partial charge in [-0.1, -0.05) is 6.92 Å². The van der Waals surface area contributed by atoms with Crippen molar-refractivity contribution in [2.45, 2.75) is 26.2 Å². The second-order valence-electron chi connectivity index (χ2n) is 6.52. The SMILES string of the molecule is C[C@@H]1CC[C@@H]2C(=O)N(c3cc(C(=O)O)cc(C(=O)O)c3)C(=O)[C@@H]2C1. The highest BCUT2D eigenvalue weighted by Crippen LogP contribution is 2.42. The van der Waals surface area contributed by atoms with Crippen molar-refractivity contribution in [3.05, 3.63) is 29.3 Å². The van der Waals surface area contributed by atoms with Gasteiger partial charge < -0.3 is 10.2 Å². The van der Waals surface area contributed by atoms with Crippen molar-refractivity contribution < 1.29 is 29.4 Å². The average molecular weight is 331 g/mol. The van der Waals surface area contributed by atoms with E-state index < -0.39 is 23.8 Å². The van der Waals surface area contributed by atoms with Gasteiger partial charge in [0.1, 0.15) is 0 Å². The van der Waals surface area contributed by atoms with Crippen LogP contribution in [0.1, 0.15) is 46.9 Å². The van der Waals surface area contributed by atoms with E-state index in [-0.39, 0.29) is 28.6 Å². The topological polar surface area (TPSA) is 112 Å². The molecule has 1 aromatic carbocycles. The maximum Gasteiger partial charge on any atom is 0.335 e. The van der Waals surface area contributed by atoms with Gasteiger partial charge in [-0.05, 0) is 43.4 Å². The number of carboxylic acids is 2. The largest absolute Gasteiger partial charge is 0.478 e. The van der Waals surface area contributed by atoms with E-state index in [2.05, 4.69) is 0 Å². The number of benzene rings is 1. The number of hydrogen-bond acceptors (Lipinski definition) is 4. The van der Waals surface area contributed by atoms with Gasteiger partial charge in [0, 0.05) is 0 Å². The van der Waals surface area contributed by atoms with Crippen LogP contribution >= 0.6 is 0 Å². The lowest BCUT2D eigenvalue weighted by atomic mass is 9.76. The van der Waals surface area contributed by atoms with E-state index in [4.69, 9.17) is 10.2 Å². The number of anilines is 1. The summed E-state index contributed by atoms with van der Waals surface area (Å²) in [6, 6.07) is 3.35. The number of rotatable bonds is 3. The van der Waals surface area contributed by atoms with Gasteiger partial charge in [0.15, 0.2) is 0 Å². The normalized spacial score (nSPS) is 26.4. The Hall–Kier alpha value is -2.70.